The Morgan fingerprint density at radius 2 is 2.19 bits per heavy atom. The minimum Gasteiger partial charge on any atom is -0.382 e. The Kier molecular flexibility index (Phi) is 7.97. The number of aliphatic imine (C=N–C) groups is 1. The minimum absolute atomic E-state index is 0.282. The van der Waals surface area contributed by atoms with Crippen LogP contribution in [0.2, 0.25) is 0 Å². The Hall–Kier alpha value is -1.11. The van der Waals surface area contributed by atoms with Crippen molar-refractivity contribution in [2.24, 2.45) is 10.9 Å². The van der Waals surface area contributed by atoms with Gasteiger partial charge in [-0.3, -0.25) is 4.99 Å². The summed E-state index contributed by atoms with van der Waals surface area (Å²) in [6.07, 6.45) is 7.79. The molecule has 1 saturated carbocycles. The standard InChI is InChI=1S/C21H35N3O2S/c1-22-20(24-11-8-18(15-24)16-26-13-12-25-2)23-17-21(9-4-3-5-10-21)19-7-6-14-27-19/h6-7,14,18H,3-5,8-13,15-17H2,1-2H3,(H,22,23). The van der Waals surface area contributed by atoms with Crippen molar-refractivity contribution in [3.05, 3.63) is 22.4 Å². The fourth-order valence-electron chi connectivity index (χ4n) is 4.45. The number of ether oxygens (including phenoxy) is 2. The van der Waals surface area contributed by atoms with Crippen LogP contribution in [0.4, 0.5) is 0 Å². The van der Waals surface area contributed by atoms with Gasteiger partial charge in [0.15, 0.2) is 5.96 Å². The number of hydrogen-bond donors (Lipinski definition) is 1. The Bertz CT molecular complexity index is 570. The minimum atomic E-state index is 0.282. The number of nitrogens with one attached hydrogen (secondary N) is 1. The molecule has 1 aromatic rings. The number of thiophene rings is 1. The zero-order valence-electron chi connectivity index (χ0n) is 16.9. The van der Waals surface area contributed by atoms with Gasteiger partial charge in [0.25, 0.3) is 0 Å². The van der Waals surface area contributed by atoms with E-state index < -0.39 is 0 Å². The lowest BCUT2D eigenvalue weighted by atomic mass is 9.73. The number of hydrogen-bond acceptors (Lipinski definition) is 4. The van der Waals surface area contributed by atoms with Crippen molar-refractivity contribution in [2.75, 3.05) is 53.6 Å². The molecule has 0 radical (unpaired) electrons. The summed E-state index contributed by atoms with van der Waals surface area (Å²) in [6.45, 7) is 5.25. The summed E-state index contributed by atoms with van der Waals surface area (Å²) in [7, 11) is 3.62. The van der Waals surface area contributed by atoms with E-state index in [9.17, 15) is 0 Å². The van der Waals surface area contributed by atoms with Crippen molar-refractivity contribution in [3.63, 3.8) is 0 Å². The Labute approximate surface area is 168 Å². The van der Waals surface area contributed by atoms with Gasteiger partial charge in [-0.25, -0.2) is 0 Å². The molecule has 1 aromatic heterocycles. The van der Waals surface area contributed by atoms with E-state index in [1.807, 2.05) is 18.4 Å². The van der Waals surface area contributed by atoms with Crippen LogP contribution in [0.1, 0.15) is 43.4 Å². The predicted octanol–water partition coefficient (Wildman–Crippen LogP) is 3.51. The molecular formula is C21H35N3O2S. The lowest BCUT2D eigenvalue weighted by molar-refractivity contribution is 0.0536. The van der Waals surface area contributed by atoms with E-state index in [-0.39, 0.29) is 5.41 Å². The SMILES string of the molecule is CN=C(NCC1(c2cccs2)CCCCC1)N1CCC(COCCOC)C1. The molecule has 2 heterocycles. The lowest BCUT2D eigenvalue weighted by Crippen LogP contribution is -2.47. The summed E-state index contributed by atoms with van der Waals surface area (Å²) >= 11 is 1.91. The Morgan fingerprint density at radius 3 is 2.89 bits per heavy atom. The van der Waals surface area contributed by atoms with Gasteiger partial charge in [-0.05, 0) is 30.7 Å². The summed E-state index contributed by atoms with van der Waals surface area (Å²) in [4.78, 5) is 8.52. The first-order valence-corrected chi connectivity index (χ1v) is 11.2. The second-order valence-electron chi connectivity index (χ2n) is 7.89. The molecule has 0 aromatic carbocycles. The summed E-state index contributed by atoms with van der Waals surface area (Å²) in [5, 5.41) is 5.95. The maximum Gasteiger partial charge on any atom is 0.193 e. The first-order valence-electron chi connectivity index (χ1n) is 10.3. The fraction of sp³-hybridized carbons (Fsp3) is 0.762. The van der Waals surface area contributed by atoms with Crippen molar-refractivity contribution in [1.82, 2.24) is 10.2 Å². The molecule has 0 bridgehead atoms. The highest BCUT2D eigenvalue weighted by Gasteiger charge is 2.35. The molecule has 1 aliphatic heterocycles. The van der Waals surface area contributed by atoms with Gasteiger partial charge in [0.05, 0.1) is 19.8 Å². The van der Waals surface area contributed by atoms with Gasteiger partial charge in [-0.1, -0.05) is 25.3 Å². The van der Waals surface area contributed by atoms with Crippen LogP contribution in [0, 0.1) is 5.92 Å². The van der Waals surface area contributed by atoms with Crippen molar-refractivity contribution in [1.29, 1.82) is 0 Å². The van der Waals surface area contributed by atoms with Crippen LogP contribution in [0.15, 0.2) is 22.5 Å². The smallest absolute Gasteiger partial charge is 0.193 e. The first-order chi connectivity index (χ1) is 13.3. The van der Waals surface area contributed by atoms with Crippen LogP contribution in [0.25, 0.3) is 0 Å². The Balaban J connectivity index is 1.53. The average molecular weight is 394 g/mol. The molecule has 1 N–H and O–H groups in total. The molecule has 2 fully saturated rings. The largest absolute Gasteiger partial charge is 0.382 e. The number of rotatable bonds is 8. The third kappa shape index (κ3) is 5.46. The van der Waals surface area contributed by atoms with Crippen molar-refractivity contribution in [2.45, 2.75) is 43.9 Å². The molecule has 1 aliphatic carbocycles. The average Bonchev–Trinajstić information content (AvgIpc) is 3.39. The molecule has 1 unspecified atom stereocenters. The summed E-state index contributed by atoms with van der Waals surface area (Å²) in [5.41, 5.74) is 0.282. The molecule has 3 rings (SSSR count). The highest BCUT2D eigenvalue weighted by molar-refractivity contribution is 7.10. The van der Waals surface area contributed by atoms with Crippen LogP contribution in [-0.4, -0.2) is 64.5 Å². The van der Waals surface area contributed by atoms with Gasteiger partial charge < -0.3 is 19.7 Å². The molecule has 27 heavy (non-hydrogen) atoms. The van der Waals surface area contributed by atoms with E-state index in [2.05, 4.69) is 32.7 Å². The van der Waals surface area contributed by atoms with Gasteiger partial charge in [0, 0.05) is 50.0 Å². The molecule has 0 amide bonds. The number of guanidine groups is 1. The van der Waals surface area contributed by atoms with E-state index in [0.29, 0.717) is 19.1 Å². The number of nitrogens with zero attached hydrogens (tertiary/aromatic N) is 2. The van der Waals surface area contributed by atoms with E-state index in [1.165, 1.54) is 43.4 Å². The third-order valence-electron chi connectivity index (χ3n) is 6.02. The molecule has 2 aliphatic rings. The second-order valence-corrected chi connectivity index (χ2v) is 8.84. The van der Waals surface area contributed by atoms with E-state index in [4.69, 9.17) is 9.47 Å². The molecule has 6 heteroatoms. The van der Waals surface area contributed by atoms with Crippen molar-refractivity contribution < 1.29 is 9.47 Å². The van der Waals surface area contributed by atoms with Crippen molar-refractivity contribution >= 4 is 17.3 Å². The Morgan fingerprint density at radius 1 is 1.33 bits per heavy atom. The van der Waals surface area contributed by atoms with Crippen LogP contribution in [0.3, 0.4) is 0 Å². The van der Waals surface area contributed by atoms with E-state index in [0.717, 1.165) is 32.2 Å². The molecule has 1 saturated heterocycles. The van der Waals surface area contributed by atoms with E-state index >= 15 is 0 Å². The van der Waals surface area contributed by atoms with Gasteiger partial charge in [0.1, 0.15) is 0 Å². The zero-order chi connectivity index (χ0) is 19.0. The predicted molar refractivity (Wildman–Crippen MR) is 113 cm³/mol. The quantitative estimate of drug-likeness (QED) is 0.417. The monoisotopic (exact) mass is 393 g/mol. The van der Waals surface area contributed by atoms with Crippen LogP contribution in [0.5, 0.6) is 0 Å². The third-order valence-corrected chi connectivity index (χ3v) is 7.14. The van der Waals surface area contributed by atoms with Gasteiger partial charge in [0.2, 0.25) is 0 Å². The van der Waals surface area contributed by atoms with Crippen LogP contribution in [-0.2, 0) is 14.9 Å². The summed E-state index contributed by atoms with van der Waals surface area (Å²) < 4.78 is 10.8. The van der Waals surface area contributed by atoms with Crippen molar-refractivity contribution in [3.8, 4) is 0 Å². The second kappa shape index (κ2) is 10.4. The highest BCUT2D eigenvalue weighted by atomic mass is 32.1. The number of likely N-dealkylation sites (tertiary alicyclic amines) is 1. The molecule has 5 nitrogen and oxygen atoms in total. The summed E-state index contributed by atoms with van der Waals surface area (Å²) in [6, 6.07) is 4.52. The van der Waals surface area contributed by atoms with Gasteiger partial charge >= 0.3 is 0 Å². The maximum absolute atomic E-state index is 5.73. The molecule has 0 spiro atoms. The molecular weight excluding hydrogens is 358 g/mol. The van der Waals surface area contributed by atoms with Crippen LogP contribution >= 0.6 is 11.3 Å². The van der Waals surface area contributed by atoms with Crippen LogP contribution < -0.4 is 5.32 Å². The fourth-order valence-corrected chi connectivity index (χ4v) is 5.44. The first kappa shape index (κ1) is 20.6. The van der Waals surface area contributed by atoms with Gasteiger partial charge in [-0.2, -0.15) is 0 Å². The molecule has 152 valence electrons. The normalized spacial score (nSPS) is 23.0. The topological polar surface area (TPSA) is 46.1 Å². The van der Waals surface area contributed by atoms with E-state index in [1.54, 1.807) is 7.11 Å². The highest BCUT2D eigenvalue weighted by Crippen LogP contribution is 2.41. The number of methoxy groups -OCH3 is 1. The maximum atomic E-state index is 5.73. The zero-order valence-corrected chi connectivity index (χ0v) is 17.7. The lowest BCUT2D eigenvalue weighted by Gasteiger charge is -2.38. The summed E-state index contributed by atoms with van der Waals surface area (Å²) in [5.74, 6) is 1.64. The van der Waals surface area contributed by atoms with Gasteiger partial charge in [-0.15, -0.1) is 11.3 Å². The molecule has 1 atom stereocenters.